The van der Waals surface area contributed by atoms with E-state index in [-0.39, 0.29) is 0 Å². The van der Waals surface area contributed by atoms with Crippen LogP contribution in [0.4, 0.5) is 0 Å². The third-order valence-electron chi connectivity index (χ3n) is 4.14. The highest BCUT2D eigenvalue weighted by molar-refractivity contribution is 5.26. The van der Waals surface area contributed by atoms with Gasteiger partial charge in [0.15, 0.2) is 11.6 Å². The fraction of sp³-hybridized carbons (Fsp3) is 0.500. The molecule has 20 heavy (non-hydrogen) atoms. The fourth-order valence-corrected chi connectivity index (χ4v) is 3.23. The minimum atomic E-state index is 0.306. The van der Waals surface area contributed by atoms with Crippen molar-refractivity contribution in [2.75, 3.05) is 7.11 Å². The Morgan fingerprint density at radius 3 is 2.70 bits per heavy atom. The van der Waals surface area contributed by atoms with Gasteiger partial charge in [-0.3, -0.25) is 5.10 Å². The Hall–Kier alpha value is -1.68. The number of H-pyrrole nitrogens is 1. The summed E-state index contributed by atoms with van der Waals surface area (Å²) in [6, 6.07) is 10.6. The van der Waals surface area contributed by atoms with Crippen LogP contribution in [0.2, 0.25) is 0 Å². The summed E-state index contributed by atoms with van der Waals surface area (Å²) in [7, 11) is 1.67. The molecule has 1 aliphatic rings. The van der Waals surface area contributed by atoms with Crippen LogP contribution in [-0.4, -0.2) is 22.3 Å². The van der Waals surface area contributed by atoms with Crippen molar-refractivity contribution < 1.29 is 4.74 Å². The minimum absolute atomic E-state index is 0.306. The lowest BCUT2D eigenvalue weighted by atomic mass is 9.84. The molecular formula is C16H21N3O. The zero-order valence-electron chi connectivity index (χ0n) is 11.9. The third-order valence-corrected chi connectivity index (χ3v) is 4.14. The van der Waals surface area contributed by atoms with Gasteiger partial charge < -0.3 is 4.74 Å². The Morgan fingerprint density at radius 2 is 2.00 bits per heavy atom. The maximum Gasteiger partial charge on any atom is 0.158 e. The summed E-state index contributed by atoms with van der Waals surface area (Å²) in [5.41, 5.74) is 1.32. The van der Waals surface area contributed by atoms with Crippen LogP contribution >= 0.6 is 0 Å². The van der Waals surface area contributed by atoms with Crippen molar-refractivity contribution in [3.05, 3.63) is 47.5 Å². The first-order chi connectivity index (χ1) is 9.88. The van der Waals surface area contributed by atoms with Gasteiger partial charge in [-0.25, -0.2) is 4.98 Å². The van der Waals surface area contributed by atoms with Crippen LogP contribution in [0, 0.1) is 5.92 Å². The molecule has 0 unspecified atom stereocenters. The highest BCUT2D eigenvalue weighted by Gasteiger charge is 2.30. The van der Waals surface area contributed by atoms with E-state index in [4.69, 9.17) is 4.74 Å². The molecule has 0 amide bonds. The standard InChI is InChI=1S/C16H21N3O/c1-20-11-14-17-16(19-18-14)15(13-9-5-6-10-13)12-7-3-2-4-8-12/h2-4,7-8,13,15H,5-6,9-11H2,1H3,(H,17,18,19)/t15-/m0/s1. The highest BCUT2D eigenvalue weighted by atomic mass is 16.5. The number of methoxy groups -OCH3 is 1. The molecule has 1 atom stereocenters. The Labute approximate surface area is 119 Å². The molecule has 1 saturated carbocycles. The van der Waals surface area contributed by atoms with Gasteiger partial charge in [-0.2, -0.15) is 5.10 Å². The molecule has 1 fully saturated rings. The van der Waals surface area contributed by atoms with Crippen LogP contribution in [0.5, 0.6) is 0 Å². The topological polar surface area (TPSA) is 50.8 Å². The predicted octanol–water partition coefficient (Wildman–Crippen LogP) is 3.27. The number of ether oxygens (including phenoxy) is 1. The van der Waals surface area contributed by atoms with Crippen LogP contribution in [-0.2, 0) is 11.3 Å². The average molecular weight is 271 g/mol. The predicted molar refractivity (Wildman–Crippen MR) is 77.3 cm³/mol. The lowest BCUT2D eigenvalue weighted by Gasteiger charge is -2.21. The number of hydrogen-bond donors (Lipinski definition) is 1. The molecule has 0 saturated heterocycles. The van der Waals surface area contributed by atoms with Gasteiger partial charge in [-0.1, -0.05) is 43.2 Å². The van der Waals surface area contributed by atoms with Crippen LogP contribution in [0.1, 0.15) is 48.8 Å². The van der Waals surface area contributed by atoms with E-state index in [0.29, 0.717) is 18.4 Å². The molecule has 1 heterocycles. The lowest BCUT2D eigenvalue weighted by Crippen LogP contribution is -2.13. The molecular weight excluding hydrogens is 250 g/mol. The molecule has 4 nitrogen and oxygen atoms in total. The normalized spacial score (nSPS) is 17.4. The number of rotatable bonds is 5. The van der Waals surface area contributed by atoms with Gasteiger partial charge in [-0.05, 0) is 24.3 Å². The Morgan fingerprint density at radius 1 is 1.25 bits per heavy atom. The second-order valence-corrected chi connectivity index (χ2v) is 5.51. The van der Waals surface area contributed by atoms with E-state index < -0.39 is 0 Å². The van der Waals surface area contributed by atoms with E-state index in [9.17, 15) is 0 Å². The van der Waals surface area contributed by atoms with Gasteiger partial charge in [0.1, 0.15) is 6.61 Å². The van der Waals surface area contributed by atoms with Crippen molar-refractivity contribution in [2.24, 2.45) is 5.92 Å². The Kier molecular flexibility index (Phi) is 4.11. The first-order valence-corrected chi connectivity index (χ1v) is 7.33. The Balaban J connectivity index is 1.91. The lowest BCUT2D eigenvalue weighted by molar-refractivity contribution is 0.178. The molecule has 1 aromatic heterocycles. The molecule has 3 rings (SSSR count). The molecule has 1 N–H and O–H groups in total. The number of benzene rings is 1. The van der Waals surface area contributed by atoms with Crippen molar-refractivity contribution >= 4 is 0 Å². The Bertz CT molecular complexity index is 532. The van der Waals surface area contributed by atoms with E-state index in [2.05, 4.69) is 45.5 Å². The summed E-state index contributed by atoms with van der Waals surface area (Å²) in [4.78, 5) is 4.63. The van der Waals surface area contributed by atoms with Crippen molar-refractivity contribution in [3.63, 3.8) is 0 Å². The largest absolute Gasteiger partial charge is 0.377 e. The first-order valence-electron chi connectivity index (χ1n) is 7.33. The van der Waals surface area contributed by atoms with E-state index in [0.717, 1.165) is 11.6 Å². The van der Waals surface area contributed by atoms with Crippen LogP contribution in [0.25, 0.3) is 0 Å². The molecule has 106 valence electrons. The molecule has 0 bridgehead atoms. The van der Waals surface area contributed by atoms with Crippen molar-refractivity contribution in [3.8, 4) is 0 Å². The smallest absolute Gasteiger partial charge is 0.158 e. The third kappa shape index (κ3) is 2.75. The van der Waals surface area contributed by atoms with E-state index in [1.165, 1.54) is 31.2 Å². The first kappa shape index (κ1) is 13.3. The molecule has 0 spiro atoms. The number of aromatic nitrogens is 3. The van der Waals surface area contributed by atoms with Gasteiger partial charge in [0, 0.05) is 13.0 Å². The van der Waals surface area contributed by atoms with Gasteiger partial charge in [0.2, 0.25) is 0 Å². The molecule has 1 aromatic carbocycles. The maximum atomic E-state index is 5.12. The quantitative estimate of drug-likeness (QED) is 0.908. The highest BCUT2D eigenvalue weighted by Crippen LogP contribution is 2.40. The number of nitrogens with one attached hydrogen (secondary N) is 1. The number of aromatic amines is 1. The summed E-state index contributed by atoms with van der Waals surface area (Å²) in [6.45, 7) is 0.485. The van der Waals surface area contributed by atoms with Crippen LogP contribution in [0.15, 0.2) is 30.3 Å². The van der Waals surface area contributed by atoms with Gasteiger partial charge >= 0.3 is 0 Å². The van der Waals surface area contributed by atoms with E-state index >= 15 is 0 Å². The van der Waals surface area contributed by atoms with E-state index in [1.807, 2.05) is 0 Å². The summed E-state index contributed by atoms with van der Waals surface area (Å²) in [5.74, 6) is 2.68. The fourth-order valence-electron chi connectivity index (χ4n) is 3.23. The second kappa shape index (κ2) is 6.18. The number of hydrogen-bond acceptors (Lipinski definition) is 3. The van der Waals surface area contributed by atoms with E-state index in [1.54, 1.807) is 7.11 Å². The second-order valence-electron chi connectivity index (χ2n) is 5.51. The molecule has 1 aliphatic carbocycles. The van der Waals surface area contributed by atoms with Gasteiger partial charge in [-0.15, -0.1) is 0 Å². The van der Waals surface area contributed by atoms with Crippen LogP contribution < -0.4 is 0 Å². The summed E-state index contributed by atoms with van der Waals surface area (Å²) < 4.78 is 5.12. The summed E-state index contributed by atoms with van der Waals surface area (Å²) >= 11 is 0. The maximum absolute atomic E-state index is 5.12. The average Bonchev–Trinajstić information content (AvgIpc) is 3.14. The summed E-state index contributed by atoms with van der Waals surface area (Å²) in [6.07, 6.45) is 5.19. The SMILES string of the molecule is COCc1nc([C@@H](c2ccccc2)C2CCCC2)n[nH]1. The minimum Gasteiger partial charge on any atom is -0.377 e. The summed E-state index contributed by atoms with van der Waals surface area (Å²) in [5, 5.41) is 7.43. The molecule has 2 aromatic rings. The number of nitrogens with zero attached hydrogens (tertiary/aromatic N) is 2. The van der Waals surface area contributed by atoms with Crippen LogP contribution in [0.3, 0.4) is 0 Å². The zero-order chi connectivity index (χ0) is 13.8. The molecule has 0 aliphatic heterocycles. The molecule has 0 radical (unpaired) electrons. The monoisotopic (exact) mass is 271 g/mol. The zero-order valence-corrected chi connectivity index (χ0v) is 11.9. The van der Waals surface area contributed by atoms with Crippen molar-refractivity contribution in [1.82, 2.24) is 15.2 Å². The van der Waals surface area contributed by atoms with Gasteiger partial charge in [0.25, 0.3) is 0 Å². The van der Waals surface area contributed by atoms with Gasteiger partial charge in [0.05, 0.1) is 0 Å². The van der Waals surface area contributed by atoms with Crippen molar-refractivity contribution in [1.29, 1.82) is 0 Å². The van der Waals surface area contributed by atoms with Crippen molar-refractivity contribution in [2.45, 2.75) is 38.2 Å². The molecule has 4 heteroatoms.